The van der Waals surface area contributed by atoms with Gasteiger partial charge in [-0.1, -0.05) is 6.07 Å². The molecule has 0 aliphatic carbocycles. The van der Waals surface area contributed by atoms with E-state index in [-0.39, 0.29) is 23.8 Å². The molecule has 142 valence electrons. The van der Waals surface area contributed by atoms with Gasteiger partial charge in [-0.05, 0) is 57.3 Å². The minimum Gasteiger partial charge on any atom is -0.347 e. The SMILES string of the molecule is CC(=O)NCC(=O)N1CCC(CN2CCCC2)(c2ccc(C)cn2)CC1. The average molecular weight is 358 g/mol. The zero-order valence-corrected chi connectivity index (χ0v) is 16.0. The van der Waals surface area contributed by atoms with E-state index in [9.17, 15) is 9.59 Å². The Morgan fingerprint density at radius 3 is 2.42 bits per heavy atom. The number of aromatic nitrogens is 1. The van der Waals surface area contributed by atoms with E-state index in [2.05, 4.69) is 29.3 Å². The van der Waals surface area contributed by atoms with Crippen LogP contribution in [0, 0.1) is 6.92 Å². The van der Waals surface area contributed by atoms with Crippen LogP contribution in [-0.4, -0.2) is 65.9 Å². The van der Waals surface area contributed by atoms with Gasteiger partial charge in [0.25, 0.3) is 0 Å². The molecule has 2 fully saturated rings. The van der Waals surface area contributed by atoms with Crippen LogP contribution in [0.2, 0.25) is 0 Å². The molecule has 1 aromatic heterocycles. The van der Waals surface area contributed by atoms with Crippen LogP contribution in [0.4, 0.5) is 0 Å². The Bertz CT molecular complexity index is 630. The van der Waals surface area contributed by atoms with Crippen LogP contribution in [0.1, 0.15) is 43.9 Å². The number of rotatable bonds is 5. The van der Waals surface area contributed by atoms with Crippen molar-refractivity contribution in [2.75, 3.05) is 39.3 Å². The first-order valence-electron chi connectivity index (χ1n) is 9.66. The van der Waals surface area contributed by atoms with Crippen molar-refractivity contribution in [3.05, 3.63) is 29.6 Å². The molecule has 6 heteroatoms. The maximum Gasteiger partial charge on any atom is 0.241 e. The van der Waals surface area contributed by atoms with Gasteiger partial charge in [0.2, 0.25) is 11.8 Å². The second-order valence-corrected chi connectivity index (χ2v) is 7.77. The molecule has 0 atom stereocenters. The smallest absolute Gasteiger partial charge is 0.241 e. The lowest BCUT2D eigenvalue weighted by Gasteiger charge is -2.43. The molecule has 2 aliphatic heterocycles. The number of piperidine rings is 1. The molecule has 0 unspecified atom stereocenters. The third kappa shape index (κ3) is 4.41. The highest BCUT2D eigenvalue weighted by molar-refractivity contribution is 5.83. The van der Waals surface area contributed by atoms with Crippen LogP contribution in [-0.2, 0) is 15.0 Å². The van der Waals surface area contributed by atoms with E-state index in [0.717, 1.165) is 38.2 Å². The Kier molecular flexibility index (Phi) is 5.91. The molecule has 2 amide bonds. The number of likely N-dealkylation sites (tertiary alicyclic amines) is 2. The van der Waals surface area contributed by atoms with Crippen molar-refractivity contribution < 1.29 is 9.59 Å². The zero-order valence-electron chi connectivity index (χ0n) is 16.0. The van der Waals surface area contributed by atoms with Crippen LogP contribution in [0.25, 0.3) is 0 Å². The van der Waals surface area contributed by atoms with Gasteiger partial charge < -0.3 is 15.1 Å². The van der Waals surface area contributed by atoms with E-state index in [4.69, 9.17) is 4.98 Å². The minimum atomic E-state index is -0.164. The van der Waals surface area contributed by atoms with Gasteiger partial charge in [0.05, 0.1) is 6.54 Å². The van der Waals surface area contributed by atoms with E-state index in [1.54, 1.807) is 0 Å². The van der Waals surface area contributed by atoms with Gasteiger partial charge in [-0.25, -0.2) is 0 Å². The van der Waals surface area contributed by atoms with E-state index < -0.39 is 0 Å². The highest BCUT2D eigenvalue weighted by Gasteiger charge is 2.40. The Labute approximate surface area is 156 Å². The van der Waals surface area contributed by atoms with Crippen LogP contribution in [0.15, 0.2) is 18.3 Å². The Balaban J connectivity index is 1.70. The second-order valence-electron chi connectivity index (χ2n) is 7.77. The lowest BCUT2D eigenvalue weighted by atomic mass is 9.74. The summed E-state index contributed by atoms with van der Waals surface area (Å²) in [7, 11) is 0. The van der Waals surface area contributed by atoms with Gasteiger partial charge in [-0.15, -0.1) is 0 Å². The minimum absolute atomic E-state index is 0.00633. The number of pyridine rings is 1. The first-order chi connectivity index (χ1) is 12.5. The van der Waals surface area contributed by atoms with Gasteiger partial charge in [0, 0.05) is 43.9 Å². The number of nitrogens with one attached hydrogen (secondary N) is 1. The van der Waals surface area contributed by atoms with Crippen molar-refractivity contribution in [3.8, 4) is 0 Å². The summed E-state index contributed by atoms with van der Waals surface area (Å²) in [4.78, 5) is 32.6. The lowest BCUT2D eigenvalue weighted by molar-refractivity contribution is -0.134. The highest BCUT2D eigenvalue weighted by Crippen LogP contribution is 2.36. The van der Waals surface area contributed by atoms with Crippen molar-refractivity contribution in [2.24, 2.45) is 0 Å². The summed E-state index contributed by atoms with van der Waals surface area (Å²) in [5.74, 6) is -0.158. The number of nitrogens with zero attached hydrogens (tertiary/aromatic N) is 3. The molecule has 0 saturated carbocycles. The summed E-state index contributed by atoms with van der Waals surface area (Å²) in [6.07, 6.45) is 6.35. The summed E-state index contributed by atoms with van der Waals surface area (Å²) in [6, 6.07) is 4.31. The number of hydrogen-bond acceptors (Lipinski definition) is 4. The summed E-state index contributed by atoms with van der Waals surface area (Å²) in [5.41, 5.74) is 2.35. The average Bonchev–Trinajstić information content (AvgIpc) is 3.13. The number of carbonyl (C=O) groups is 2. The number of aryl methyl sites for hydroxylation is 1. The fourth-order valence-corrected chi connectivity index (χ4v) is 4.14. The molecule has 1 N–H and O–H groups in total. The first kappa shape index (κ1) is 18.8. The number of carbonyl (C=O) groups excluding carboxylic acids is 2. The van der Waals surface area contributed by atoms with Gasteiger partial charge in [-0.2, -0.15) is 0 Å². The van der Waals surface area contributed by atoms with Crippen molar-refractivity contribution in [2.45, 2.75) is 44.9 Å². The largest absolute Gasteiger partial charge is 0.347 e. The topological polar surface area (TPSA) is 65.5 Å². The third-order valence-electron chi connectivity index (χ3n) is 5.74. The maximum atomic E-state index is 12.3. The Hall–Kier alpha value is -1.95. The molecule has 3 rings (SSSR count). The van der Waals surface area contributed by atoms with Crippen molar-refractivity contribution in [3.63, 3.8) is 0 Å². The Morgan fingerprint density at radius 2 is 1.85 bits per heavy atom. The molecule has 6 nitrogen and oxygen atoms in total. The summed E-state index contributed by atoms with van der Waals surface area (Å²) >= 11 is 0. The van der Waals surface area contributed by atoms with Crippen LogP contribution < -0.4 is 5.32 Å². The maximum absolute atomic E-state index is 12.3. The monoisotopic (exact) mass is 358 g/mol. The first-order valence-corrected chi connectivity index (χ1v) is 9.66. The molecular weight excluding hydrogens is 328 g/mol. The van der Waals surface area contributed by atoms with E-state index in [1.165, 1.54) is 38.4 Å². The van der Waals surface area contributed by atoms with E-state index in [1.807, 2.05) is 11.1 Å². The fraction of sp³-hybridized carbons (Fsp3) is 0.650. The third-order valence-corrected chi connectivity index (χ3v) is 5.74. The molecular formula is C20H30N4O2. The van der Waals surface area contributed by atoms with Crippen LogP contribution >= 0.6 is 0 Å². The summed E-state index contributed by atoms with van der Waals surface area (Å²) < 4.78 is 0. The van der Waals surface area contributed by atoms with E-state index in [0.29, 0.717) is 0 Å². The van der Waals surface area contributed by atoms with E-state index >= 15 is 0 Å². The highest BCUT2D eigenvalue weighted by atomic mass is 16.2. The van der Waals surface area contributed by atoms with Crippen LogP contribution in [0.5, 0.6) is 0 Å². The number of amides is 2. The predicted octanol–water partition coefficient (Wildman–Crippen LogP) is 1.48. The van der Waals surface area contributed by atoms with Gasteiger partial charge >= 0.3 is 0 Å². The van der Waals surface area contributed by atoms with Crippen molar-refractivity contribution >= 4 is 11.8 Å². The van der Waals surface area contributed by atoms with Crippen LogP contribution in [0.3, 0.4) is 0 Å². The van der Waals surface area contributed by atoms with Crippen molar-refractivity contribution in [1.82, 2.24) is 20.1 Å². The van der Waals surface area contributed by atoms with Crippen molar-refractivity contribution in [1.29, 1.82) is 0 Å². The molecule has 26 heavy (non-hydrogen) atoms. The normalized spacial score (nSPS) is 20.2. The standard InChI is InChI=1S/C20H30N4O2/c1-16-5-6-18(22-13-16)20(15-23-9-3-4-10-23)7-11-24(12-8-20)19(26)14-21-17(2)25/h5-6,13H,3-4,7-12,14-15H2,1-2H3,(H,21,25). The Morgan fingerprint density at radius 1 is 1.15 bits per heavy atom. The molecule has 0 radical (unpaired) electrons. The second kappa shape index (κ2) is 8.16. The number of hydrogen-bond donors (Lipinski definition) is 1. The summed E-state index contributed by atoms with van der Waals surface area (Å²) in [5, 5.41) is 2.61. The van der Waals surface area contributed by atoms with Gasteiger partial charge in [0.1, 0.15) is 0 Å². The molecule has 3 heterocycles. The quantitative estimate of drug-likeness (QED) is 0.866. The molecule has 0 aromatic carbocycles. The van der Waals surface area contributed by atoms with Gasteiger partial charge in [0.15, 0.2) is 0 Å². The molecule has 0 bridgehead atoms. The molecule has 2 saturated heterocycles. The molecule has 1 aromatic rings. The predicted molar refractivity (Wildman–Crippen MR) is 101 cm³/mol. The zero-order chi connectivity index (χ0) is 18.6. The summed E-state index contributed by atoms with van der Waals surface area (Å²) in [6.45, 7) is 8.40. The molecule has 2 aliphatic rings. The lowest BCUT2D eigenvalue weighted by Crippen LogP contribution is -2.51. The molecule has 0 spiro atoms. The fourth-order valence-electron chi connectivity index (χ4n) is 4.14. The van der Waals surface area contributed by atoms with Gasteiger partial charge in [-0.3, -0.25) is 14.6 Å².